The highest BCUT2D eigenvalue weighted by Crippen LogP contribution is 2.49. The Morgan fingerprint density at radius 3 is 2.50 bits per heavy atom. The number of hydrogen-bond donors (Lipinski definition) is 3. The summed E-state index contributed by atoms with van der Waals surface area (Å²) in [5.41, 5.74) is 3.50. The van der Waals surface area contributed by atoms with Crippen LogP contribution in [0.5, 0.6) is 0 Å². The second kappa shape index (κ2) is 4.15. The Morgan fingerprint density at radius 2 is 1.94 bits per heavy atom. The first kappa shape index (κ1) is 12.7. The predicted molar refractivity (Wildman–Crippen MR) is 61.4 cm³/mol. The molecule has 0 aromatic heterocycles. The minimum absolute atomic E-state index is 0.0747. The maximum Gasteiger partial charge on any atom is 0.408 e. The van der Waals surface area contributed by atoms with Crippen molar-refractivity contribution >= 4 is 17.9 Å². The number of amides is 3. The van der Waals surface area contributed by atoms with Gasteiger partial charge in [-0.25, -0.2) is 4.79 Å². The zero-order valence-corrected chi connectivity index (χ0v) is 10.4. The minimum Gasteiger partial charge on any atom is -0.465 e. The summed E-state index contributed by atoms with van der Waals surface area (Å²) in [6.07, 6.45) is 0.758. The average Bonchev–Trinajstić information content (AvgIpc) is 2.23. The average molecular weight is 255 g/mol. The van der Waals surface area contributed by atoms with Crippen LogP contribution in [0.2, 0.25) is 0 Å². The molecule has 2 saturated heterocycles. The van der Waals surface area contributed by atoms with E-state index in [-0.39, 0.29) is 11.9 Å². The first-order valence-electron chi connectivity index (χ1n) is 5.96. The molecular formula is C11H17N3O4. The summed E-state index contributed by atoms with van der Waals surface area (Å²) in [5, 5.41) is 9.18. The van der Waals surface area contributed by atoms with Crippen LogP contribution < -0.4 is 10.9 Å². The fourth-order valence-electron chi connectivity index (χ4n) is 3.21. The van der Waals surface area contributed by atoms with Crippen LogP contribution >= 0.6 is 0 Å². The first-order chi connectivity index (χ1) is 8.36. The van der Waals surface area contributed by atoms with Gasteiger partial charge < -0.3 is 5.11 Å². The predicted octanol–water partition coefficient (Wildman–Crippen LogP) is 0.0747. The molecule has 2 heterocycles. The third-order valence-corrected chi connectivity index (χ3v) is 3.74. The molecular weight excluding hydrogens is 238 g/mol. The van der Waals surface area contributed by atoms with Crippen molar-refractivity contribution in [2.75, 3.05) is 0 Å². The molecule has 0 spiro atoms. The third-order valence-electron chi connectivity index (χ3n) is 3.74. The smallest absolute Gasteiger partial charge is 0.408 e. The lowest BCUT2D eigenvalue weighted by molar-refractivity contribution is -0.160. The van der Waals surface area contributed by atoms with E-state index in [1.807, 2.05) is 6.92 Å². The van der Waals surface area contributed by atoms with Crippen LogP contribution in [0, 0.1) is 5.92 Å². The highest BCUT2D eigenvalue weighted by molar-refractivity contribution is 5.93. The maximum absolute atomic E-state index is 12.1. The van der Waals surface area contributed by atoms with Crippen molar-refractivity contribution in [3.63, 3.8) is 0 Å². The van der Waals surface area contributed by atoms with Gasteiger partial charge in [-0.15, -0.1) is 0 Å². The van der Waals surface area contributed by atoms with Crippen molar-refractivity contribution in [1.29, 1.82) is 0 Å². The third kappa shape index (κ3) is 1.79. The van der Waals surface area contributed by atoms with Gasteiger partial charge in [0.05, 0.1) is 0 Å². The van der Waals surface area contributed by atoms with Crippen LogP contribution in [-0.2, 0) is 9.59 Å². The summed E-state index contributed by atoms with van der Waals surface area (Å²) in [6, 6.07) is -0.0747. The largest absolute Gasteiger partial charge is 0.465 e. The van der Waals surface area contributed by atoms with Gasteiger partial charge in [0, 0.05) is 19.4 Å². The van der Waals surface area contributed by atoms with Crippen LogP contribution in [0.4, 0.5) is 4.79 Å². The number of hydrazine groups is 1. The molecule has 3 atom stereocenters. The van der Waals surface area contributed by atoms with Crippen LogP contribution in [0.1, 0.15) is 33.1 Å². The molecule has 1 aliphatic carbocycles. The van der Waals surface area contributed by atoms with Crippen LogP contribution in [0.25, 0.3) is 0 Å². The number of fused-ring (bicyclic) bond motifs is 2. The second-order valence-electron chi connectivity index (χ2n) is 5.22. The molecule has 3 unspecified atom stereocenters. The van der Waals surface area contributed by atoms with Gasteiger partial charge >= 0.3 is 6.09 Å². The topological polar surface area (TPSA) is 98.7 Å². The lowest BCUT2D eigenvalue weighted by Gasteiger charge is -2.60. The number of nitrogens with one attached hydrogen (secondary N) is 2. The first-order valence-corrected chi connectivity index (χ1v) is 5.96. The molecule has 0 aromatic rings. The summed E-state index contributed by atoms with van der Waals surface area (Å²) in [7, 11) is 0. The van der Waals surface area contributed by atoms with Gasteiger partial charge in [-0.2, -0.15) is 0 Å². The highest BCUT2D eigenvalue weighted by atomic mass is 16.4. The number of piperidine rings is 1. The Labute approximate surface area is 104 Å². The Balaban J connectivity index is 2.13. The molecule has 2 aliphatic heterocycles. The van der Waals surface area contributed by atoms with Gasteiger partial charge in [-0.05, 0) is 18.8 Å². The van der Waals surface area contributed by atoms with E-state index < -0.39 is 17.5 Å². The number of carboxylic acid groups (broad SMARTS) is 1. The summed E-state index contributed by atoms with van der Waals surface area (Å²) >= 11 is 0. The van der Waals surface area contributed by atoms with Gasteiger partial charge in [0.15, 0.2) is 0 Å². The van der Waals surface area contributed by atoms with E-state index in [2.05, 4.69) is 10.9 Å². The van der Waals surface area contributed by atoms with Gasteiger partial charge in [-0.3, -0.25) is 25.3 Å². The summed E-state index contributed by atoms with van der Waals surface area (Å²) in [5.74, 6) is -0.522. The number of rotatable bonds is 1. The molecule has 18 heavy (non-hydrogen) atoms. The molecule has 2 bridgehead atoms. The summed E-state index contributed by atoms with van der Waals surface area (Å²) in [4.78, 5) is 35.3. The molecule has 0 radical (unpaired) electrons. The monoisotopic (exact) mass is 255 g/mol. The Bertz CT molecular complexity index is 411. The van der Waals surface area contributed by atoms with E-state index in [9.17, 15) is 19.5 Å². The van der Waals surface area contributed by atoms with Crippen molar-refractivity contribution in [2.24, 2.45) is 5.92 Å². The van der Waals surface area contributed by atoms with E-state index in [1.165, 1.54) is 11.8 Å². The van der Waals surface area contributed by atoms with Crippen LogP contribution in [0.15, 0.2) is 0 Å². The number of nitrogens with zero attached hydrogens (tertiary/aromatic N) is 1. The van der Waals surface area contributed by atoms with Crippen LogP contribution in [0.3, 0.4) is 0 Å². The van der Waals surface area contributed by atoms with Gasteiger partial charge in [0.25, 0.3) is 5.91 Å². The molecule has 3 amide bonds. The fraction of sp³-hybridized carbons (Fsp3) is 0.727. The van der Waals surface area contributed by atoms with E-state index in [0.29, 0.717) is 18.8 Å². The Kier molecular flexibility index (Phi) is 2.92. The Morgan fingerprint density at radius 1 is 1.28 bits per heavy atom. The van der Waals surface area contributed by atoms with Crippen molar-refractivity contribution in [3.05, 3.63) is 0 Å². The van der Waals surface area contributed by atoms with Crippen molar-refractivity contribution < 1.29 is 19.5 Å². The molecule has 3 N–H and O–H groups in total. The zero-order chi connectivity index (χ0) is 13.5. The van der Waals surface area contributed by atoms with Gasteiger partial charge in [-0.1, -0.05) is 6.92 Å². The molecule has 100 valence electrons. The molecule has 7 heteroatoms. The molecule has 3 rings (SSSR count). The molecule has 1 saturated carbocycles. The van der Waals surface area contributed by atoms with E-state index in [0.717, 1.165) is 6.42 Å². The molecule has 3 fully saturated rings. The van der Waals surface area contributed by atoms with Crippen molar-refractivity contribution in [2.45, 2.75) is 44.7 Å². The lowest BCUT2D eigenvalue weighted by Crippen LogP contribution is -2.77. The lowest BCUT2D eigenvalue weighted by atomic mass is 9.64. The van der Waals surface area contributed by atoms with Gasteiger partial charge in [0.2, 0.25) is 5.91 Å². The number of hydrogen-bond acceptors (Lipinski definition) is 3. The number of carbonyl (C=O) groups is 3. The van der Waals surface area contributed by atoms with Crippen molar-refractivity contribution in [3.8, 4) is 0 Å². The van der Waals surface area contributed by atoms with Crippen LogP contribution in [-0.4, -0.2) is 39.5 Å². The molecule has 0 aromatic carbocycles. The van der Waals surface area contributed by atoms with E-state index in [4.69, 9.17) is 0 Å². The quantitative estimate of drug-likeness (QED) is 0.577. The molecule has 3 aliphatic rings. The normalized spacial score (nSPS) is 33.3. The SMILES string of the molecule is CC(=O)NNC(=O)C12CC(C)CC(C1)N2C(=O)O. The summed E-state index contributed by atoms with van der Waals surface area (Å²) in [6.45, 7) is 3.28. The van der Waals surface area contributed by atoms with Gasteiger partial charge in [0.1, 0.15) is 5.54 Å². The van der Waals surface area contributed by atoms with Crippen molar-refractivity contribution in [1.82, 2.24) is 15.8 Å². The highest BCUT2D eigenvalue weighted by Gasteiger charge is 2.62. The maximum atomic E-state index is 12.1. The summed E-state index contributed by atoms with van der Waals surface area (Å²) < 4.78 is 0. The zero-order valence-electron chi connectivity index (χ0n) is 10.4. The van der Waals surface area contributed by atoms with E-state index >= 15 is 0 Å². The fourth-order valence-corrected chi connectivity index (χ4v) is 3.21. The number of carbonyl (C=O) groups excluding carboxylic acids is 2. The van der Waals surface area contributed by atoms with E-state index in [1.54, 1.807) is 0 Å². The minimum atomic E-state index is -1.07. The second-order valence-corrected chi connectivity index (χ2v) is 5.22. The standard InChI is InChI=1S/C11H17N3O4/c1-6-3-8-5-11(4-6,14(8)10(17)18)9(16)13-12-7(2)15/h6,8H,3-5H2,1-2H3,(H,12,15)(H,13,16)(H,17,18). The Hall–Kier alpha value is -1.79. The molecule has 7 nitrogen and oxygen atoms in total.